The number of carbonyl (C=O) groups is 3. The predicted octanol–water partition coefficient (Wildman–Crippen LogP) is 4.32. The van der Waals surface area contributed by atoms with Gasteiger partial charge in [0.1, 0.15) is 11.8 Å². The van der Waals surface area contributed by atoms with Crippen LogP contribution in [0.2, 0.25) is 0 Å². The first-order valence-electron chi connectivity index (χ1n) is 16.2. The molecule has 2 aromatic rings. The first-order chi connectivity index (χ1) is 24.4. The zero-order chi connectivity index (χ0) is 38.3. The van der Waals surface area contributed by atoms with Crippen LogP contribution in [-0.2, 0) is 32.1 Å². The lowest BCUT2D eigenvalue weighted by Gasteiger charge is -2.39. The van der Waals surface area contributed by atoms with Gasteiger partial charge < -0.3 is 30.9 Å². The van der Waals surface area contributed by atoms with Crippen molar-refractivity contribution in [2.75, 3.05) is 32.7 Å². The van der Waals surface area contributed by atoms with E-state index in [0.717, 1.165) is 47.6 Å². The number of hydrogen-bond donors (Lipinski definition) is 3. The van der Waals surface area contributed by atoms with Crippen molar-refractivity contribution in [1.82, 2.24) is 24.7 Å². The molecule has 2 aliphatic heterocycles. The lowest BCUT2D eigenvalue weighted by molar-refractivity contribution is -0.274. The highest BCUT2D eigenvalue weighted by atomic mass is 32.2. The molecule has 0 radical (unpaired) electrons. The Hall–Kier alpha value is -4.97. The van der Waals surface area contributed by atoms with Crippen LogP contribution in [0.5, 0.6) is 5.75 Å². The molecule has 0 unspecified atom stereocenters. The van der Waals surface area contributed by atoms with Gasteiger partial charge in [-0.05, 0) is 61.0 Å². The molecule has 12 nitrogen and oxygen atoms in total. The molecule has 0 saturated carbocycles. The smallest absolute Gasteiger partial charge is 0.406 e. The van der Waals surface area contributed by atoms with Crippen LogP contribution in [0.15, 0.2) is 89.6 Å². The molecule has 4 rings (SSSR count). The average molecular weight is 755 g/mol. The lowest BCUT2D eigenvalue weighted by Crippen LogP contribution is -2.62. The fourth-order valence-electron chi connectivity index (χ4n) is 5.58. The van der Waals surface area contributed by atoms with Crippen LogP contribution in [0.3, 0.4) is 0 Å². The van der Waals surface area contributed by atoms with Crippen molar-refractivity contribution in [1.29, 1.82) is 0 Å². The Morgan fingerprint density at radius 3 is 2.17 bits per heavy atom. The monoisotopic (exact) mass is 754 g/mol. The summed E-state index contributed by atoms with van der Waals surface area (Å²) in [7, 11) is -4.54. The van der Waals surface area contributed by atoms with E-state index in [1.807, 2.05) is 0 Å². The summed E-state index contributed by atoms with van der Waals surface area (Å²) >= 11 is 0. The van der Waals surface area contributed by atoms with Crippen molar-refractivity contribution in [2.24, 2.45) is 5.73 Å². The van der Waals surface area contributed by atoms with Gasteiger partial charge in [-0.1, -0.05) is 37.8 Å². The van der Waals surface area contributed by atoms with Gasteiger partial charge in [-0.2, -0.15) is 4.31 Å². The molecule has 0 spiro atoms. The fourth-order valence-corrected chi connectivity index (χ4v) is 7.15. The van der Waals surface area contributed by atoms with Gasteiger partial charge in [-0.15, -0.1) is 13.2 Å². The molecular formula is C34H39F5N6O6S. The molecule has 2 aromatic carbocycles. The van der Waals surface area contributed by atoms with E-state index in [0.29, 0.717) is 18.7 Å². The minimum atomic E-state index is -5.01. The summed E-state index contributed by atoms with van der Waals surface area (Å²) < 4.78 is 98.4. The van der Waals surface area contributed by atoms with E-state index in [9.17, 15) is 44.8 Å². The van der Waals surface area contributed by atoms with Gasteiger partial charge in [0.25, 0.3) is 11.8 Å². The van der Waals surface area contributed by atoms with Crippen LogP contribution in [-0.4, -0.2) is 85.5 Å². The second kappa shape index (κ2) is 16.6. The minimum absolute atomic E-state index is 0.0848. The number of urea groups is 1. The number of benzene rings is 2. The number of nitrogens with zero attached hydrogens (tertiary/aromatic N) is 3. The van der Waals surface area contributed by atoms with E-state index in [1.165, 1.54) is 48.2 Å². The number of nitrogens with one attached hydrogen (secondary N) is 2. The lowest BCUT2D eigenvalue weighted by atomic mass is 10.0. The number of rotatable bonds is 12. The summed E-state index contributed by atoms with van der Waals surface area (Å²) in [6.45, 7) is 5.01. The number of ether oxygens (including phenoxy) is 1. The van der Waals surface area contributed by atoms with Crippen LogP contribution >= 0.6 is 0 Å². The number of amides is 4. The third kappa shape index (κ3) is 10.1. The second-order valence-corrected chi connectivity index (χ2v) is 13.9. The number of halogens is 5. The van der Waals surface area contributed by atoms with Gasteiger partial charge >= 0.3 is 12.4 Å². The third-order valence-electron chi connectivity index (χ3n) is 8.40. The molecule has 1 atom stereocenters. The molecule has 18 heteroatoms. The molecule has 0 aromatic heterocycles. The zero-order valence-corrected chi connectivity index (χ0v) is 29.0. The van der Waals surface area contributed by atoms with Crippen LogP contribution in [0.25, 0.3) is 0 Å². The molecule has 0 bridgehead atoms. The van der Waals surface area contributed by atoms with E-state index >= 15 is 0 Å². The van der Waals surface area contributed by atoms with Crippen molar-refractivity contribution in [3.8, 4) is 5.75 Å². The Bertz CT molecular complexity index is 1790. The Kier molecular flexibility index (Phi) is 12.7. The highest BCUT2D eigenvalue weighted by Crippen LogP contribution is 2.31. The summed E-state index contributed by atoms with van der Waals surface area (Å²) in [5.41, 5.74) is 5.95. The van der Waals surface area contributed by atoms with Gasteiger partial charge in [0.2, 0.25) is 15.9 Å². The molecule has 2 fully saturated rings. The van der Waals surface area contributed by atoms with Crippen molar-refractivity contribution in [2.45, 2.75) is 56.0 Å². The molecule has 2 heterocycles. The number of sulfonamides is 1. The van der Waals surface area contributed by atoms with E-state index < -0.39 is 70.4 Å². The standard InChI is InChI=1S/C34H39F5N6O6S/c1-3-33(35,36)25-8-6-24(7-9-25)21-41-30(46)29-22-44(32(48)42-26(14-15-40)20-23(2)31(47)43-16-4-5-17-43)18-19-45(29)52(49,50)28-12-10-27(11-13-28)51-34(37,38)39/h6-15,20,29H,2-5,16-19,21-22,40H2,1H3,(H,41,46)(H,42,48)/b15-14-,26-20+/t29-/m1/s1. The number of hydrogen-bond acceptors (Lipinski definition) is 7. The molecule has 52 heavy (non-hydrogen) atoms. The Morgan fingerprint density at radius 1 is 0.962 bits per heavy atom. The van der Waals surface area contributed by atoms with E-state index in [-0.39, 0.29) is 35.8 Å². The van der Waals surface area contributed by atoms with Gasteiger partial charge in [0, 0.05) is 62.5 Å². The summed E-state index contributed by atoms with van der Waals surface area (Å²) in [6.07, 6.45) is 0.0633. The van der Waals surface area contributed by atoms with E-state index in [2.05, 4.69) is 21.9 Å². The highest BCUT2D eigenvalue weighted by Gasteiger charge is 2.42. The van der Waals surface area contributed by atoms with Gasteiger partial charge in [-0.25, -0.2) is 22.0 Å². The first kappa shape index (κ1) is 39.8. The molecular weight excluding hydrogens is 715 g/mol. The van der Waals surface area contributed by atoms with Gasteiger partial charge in [0.15, 0.2) is 0 Å². The van der Waals surface area contributed by atoms with Crippen LogP contribution in [0.1, 0.15) is 37.3 Å². The summed E-state index contributed by atoms with van der Waals surface area (Å²) in [5, 5.41) is 5.18. The quantitative estimate of drug-likeness (QED) is 0.166. The van der Waals surface area contributed by atoms with Gasteiger partial charge in [0.05, 0.1) is 4.90 Å². The molecule has 2 saturated heterocycles. The van der Waals surface area contributed by atoms with Crippen LogP contribution in [0.4, 0.5) is 26.7 Å². The van der Waals surface area contributed by atoms with E-state index in [4.69, 9.17) is 5.73 Å². The van der Waals surface area contributed by atoms with Crippen molar-refractivity contribution in [3.63, 3.8) is 0 Å². The number of allylic oxidation sites excluding steroid dienone is 1. The number of nitrogens with two attached hydrogens (primary N) is 1. The van der Waals surface area contributed by atoms with Crippen molar-refractivity contribution in [3.05, 3.63) is 95.9 Å². The maximum Gasteiger partial charge on any atom is 0.573 e. The summed E-state index contributed by atoms with van der Waals surface area (Å²) in [6, 6.07) is 6.32. The third-order valence-corrected chi connectivity index (χ3v) is 10.3. The predicted molar refractivity (Wildman–Crippen MR) is 180 cm³/mol. The molecule has 282 valence electrons. The number of piperazine rings is 1. The first-order valence-corrected chi connectivity index (χ1v) is 17.7. The van der Waals surface area contributed by atoms with Crippen LogP contribution < -0.4 is 21.1 Å². The normalized spacial score (nSPS) is 17.7. The van der Waals surface area contributed by atoms with Crippen molar-refractivity contribution >= 4 is 27.9 Å². The number of carbonyl (C=O) groups excluding carboxylic acids is 3. The summed E-state index contributed by atoms with van der Waals surface area (Å²) in [4.78, 5) is 42.2. The highest BCUT2D eigenvalue weighted by molar-refractivity contribution is 7.89. The van der Waals surface area contributed by atoms with Crippen molar-refractivity contribution < 1.29 is 49.5 Å². The van der Waals surface area contributed by atoms with E-state index in [1.54, 1.807) is 4.90 Å². The van der Waals surface area contributed by atoms with Crippen LogP contribution in [0, 0.1) is 0 Å². The largest absolute Gasteiger partial charge is 0.573 e. The topological polar surface area (TPSA) is 154 Å². The average Bonchev–Trinajstić information content (AvgIpc) is 3.65. The molecule has 0 aliphatic carbocycles. The maximum atomic E-state index is 14.1. The number of likely N-dealkylation sites (tertiary alicyclic amines) is 1. The van der Waals surface area contributed by atoms with Gasteiger partial charge in [-0.3, -0.25) is 9.59 Å². The second-order valence-electron chi connectivity index (χ2n) is 12.0. The molecule has 2 aliphatic rings. The maximum absolute atomic E-state index is 14.1. The summed E-state index contributed by atoms with van der Waals surface area (Å²) in [5.74, 6) is -4.88. The fraction of sp³-hybridized carbons (Fsp3) is 0.382. The Balaban J connectivity index is 1.56. The number of alkyl halides is 5. The Morgan fingerprint density at radius 2 is 1.60 bits per heavy atom. The Labute approximate surface area is 297 Å². The molecule has 4 N–H and O–H groups in total. The molecule has 4 amide bonds. The minimum Gasteiger partial charge on any atom is -0.406 e. The SMILES string of the molecule is C=C(/C=C(\C=C/N)NC(=O)N1CCN(S(=O)(=O)c2ccc(OC(F)(F)F)cc2)[C@@H](C(=O)NCc2ccc(C(F)(F)CC)cc2)C1)C(=O)N1CCCC1. The zero-order valence-electron chi connectivity index (χ0n) is 28.2.